The van der Waals surface area contributed by atoms with Gasteiger partial charge in [-0.3, -0.25) is 24.2 Å². The van der Waals surface area contributed by atoms with E-state index in [1.54, 1.807) is 0 Å². The molecule has 0 aromatic carbocycles. The number of aliphatic hydroxyl groups is 2. The number of nitrogens with one attached hydrogen (secondary N) is 2. The third-order valence-electron chi connectivity index (χ3n) is 3.38. The van der Waals surface area contributed by atoms with E-state index in [1.807, 2.05) is 4.98 Å². The van der Waals surface area contributed by atoms with Crippen LogP contribution < -0.4 is 16.6 Å². The SMILES string of the molecule is CN[C@@]1(n2ccc(=O)[nH]c2=O)O[C@H](COP(=O)(O)O)[C@@H](O)[C@H]1O. The van der Waals surface area contributed by atoms with E-state index in [2.05, 4.69) is 9.84 Å². The Morgan fingerprint density at radius 3 is 2.65 bits per heavy atom. The lowest BCUT2D eigenvalue weighted by molar-refractivity contribution is -0.168. The maximum Gasteiger partial charge on any atom is 0.469 e. The van der Waals surface area contributed by atoms with Gasteiger partial charge in [0.05, 0.1) is 6.61 Å². The zero-order valence-corrected chi connectivity index (χ0v) is 12.7. The number of aromatic nitrogens is 2. The average Bonchev–Trinajstić information content (AvgIpc) is 2.70. The largest absolute Gasteiger partial charge is 0.469 e. The lowest BCUT2D eigenvalue weighted by Crippen LogP contribution is -2.59. The number of H-pyrrole nitrogens is 1. The maximum absolute atomic E-state index is 11.9. The molecule has 0 bridgehead atoms. The van der Waals surface area contributed by atoms with Crippen LogP contribution >= 0.6 is 7.82 Å². The van der Waals surface area contributed by atoms with Gasteiger partial charge in [0.1, 0.15) is 18.3 Å². The Kier molecular flexibility index (Phi) is 4.89. The second-order valence-electron chi connectivity index (χ2n) is 4.80. The van der Waals surface area contributed by atoms with Crippen LogP contribution in [0.4, 0.5) is 0 Å². The van der Waals surface area contributed by atoms with E-state index in [1.165, 1.54) is 7.05 Å². The first kappa shape index (κ1) is 18.0. The van der Waals surface area contributed by atoms with Crippen molar-refractivity contribution in [1.82, 2.24) is 14.9 Å². The maximum atomic E-state index is 11.9. The van der Waals surface area contributed by atoms with Crippen LogP contribution in [0.25, 0.3) is 0 Å². The lowest BCUT2D eigenvalue weighted by atomic mass is 10.1. The highest BCUT2D eigenvalue weighted by molar-refractivity contribution is 7.46. The smallest absolute Gasteiger partial charge is 0.387 e. The predicted molar refractivity (Wildman–Crippen MR) is 73.2 cm³/mol. The quantitative estimate of drug-likeness (QED) is 0.292. The van der Waals surface area contributed by atoms with Gasteiger partial charge in [-0.1, -0.05) is 0 Å². The zero-order valence-electron chi connectivity index (χ0n) is 11.8. The van der Waals surface area contributed by atoms with Gasteiger partial charge in [-0.2, -0.15) is 0 Å². The second kappa shape index (κ2) is 6.26. The van der Waals surface area contributed by atoms with Crippen molar-refractivity contribution >= 4 is 7.82 Å². The van der Waals surface area contributed by atoms with E-state index in [0.717, 1.165) is 16.8 Å². The molecule has 4 atom stereocenters. The summed E-state index contributed by atoms with van der Waals surface area (Å²) in [4.78, 5) is 42.4. The summed E-state index contributed by atoms with van der Waals surface area (Å²) in [6.07, 6.45) is -3.61. The Hall–Kier alpha value is -1.37. The van der Waals surface area contributed by atoms with Crippen LogP contribution in [0.2, 0.25) is 0 Å². The van der Waals surface area contributed by atoms with Crippen LogP contribution in [-0.4, -0.2) is 61.5 Å². The summed E-state index contributed by atoms with van der Waals surface area (Å²) in [6, 6.07) is 1.00. The first-order valence-corrected chi connectivity index (χ1v) is 7.89. The number of aliphatic hydroxyl groups excluding tert-OH is 2. The van der Waals surface area contributed by atoms with Crippen molar-refractivity contribution in [1.29, 1.82) is 0 Å². The van der Waals surface area contributed by atoms with Crippen molar-refractivity contribution in [3.8, 4) is 0 Å². The second-order valence-corrected chi connectivity index (χ2v) is 6.04. The number of phosphoric acid groups is 1. The van der Waals surface area contributed by atoms with E-state index in [-0.39, 0.29) is 0 Å². The molecule has 0 radical (unpaired) electrons. The molecule has 1 aliphatic heterocycles. The minimum Gasteiger partial charge on any atom is -0.387 e. The zero-order chi connectivity index (χ0) is 17.4. The highest BCUT2D eigenvalue weighted by Gasteiger charge is 2.55. The Morgan fingerprint density at radius 1 is 1.48 bits per heavy atom. The molecule has 130 valence electrons. The van der Waals surface area contributed by atoms with Crippen molar-refractivity contribution < 1.29 is 33.8 Å². The van der Waals surface area contributed by atoms with E-state index in [0.29, 0.717) is 0 Å². The van der Waals surface area contributed by atoms with Crippen LogP contribution in [0.1, 0.15) is 0 Å². The summed E-state index contributed by atoms with van der Waals surface area (Å²) in [5, 5.41) is 22.7. The number of phosphoric ester groups is 1. The molecular formula is C10H16N3O9P. The highest BCUT2D eigenvalue weighted by atomic mass is 31.2. The molecule has 1 aromatic heterocycles. The molecule has 6 N–H and O–H groups in total. The number of ether oxygens (including phenoxy) is 1. The van der Waals surface area contributed by atoms with E-state index in [4.69, 9.17) is 14.5 Å². The number of rotatable bonds is 5. The number of hydrogen-bond acceptors (Lipinski definition) is 8. The summed E-state index contributed by atoms with van der Waals surface area (Å²) in [5.41, 5.74) is -1.60. The fourth-order valence-corrected chi connectivity index (χ4v) is 2.65. The monoisotopic (exact) mass is 353 g/mol. The Morgan fingerprint density at radius 2 is 2.13 bits per heavy atom. The summed E-state index contributed by atoms with van der Waals surface area (Å²) in [7, 11) is -3.49. The molecular weight excluding hydrogens is 337 g/mol. The van der Waals surface area contributed by atoms with Crippen molar-refractivity contribution in [2.75, 3.05) is 13.7 Å². The normalized spacial score (nSPS) is 31.4. The predicted octanol–water partition coefficient (Wildman–Crippen LogP) is -3.40. The topological polar surface area (TPSA) is 183 Å². The molecule has 2 heterocycles. The third-order valence-corrected chi connectivity index (χ3v) is 3.87. The van der Waals surface area contributed by atoms with Gasteiger partial charge < -0.3 is 24.7 Å². The van der Waals surface area contributed by atoms with E-state index >= 15 is 0 Å². The van der Waals surface area contributed by atoms with Crippen molar-refractivity contribution in [3.05, 3.63) is 33.1 Å². The Bertz CT molecular complexity index is 727. The molecule has 0 saturated carbocycles. The van der Waals surface area contributed by atoms with Crippen LogP contribution in [0.5, 0.6) is 0 Å². The molecule has 1 aromatic rings. The molecule has 23 heavy (non-hydrogen) atoms. The average molecular weight is 353 g/mol. The number of hydrogen-bond donors (Lipinski definition) is 6. The van der Waals surface area contributed by atoms with E-state index in [9.17, 15) is 24.4 Å². The molecule has 1 saturated heterocycles. The molecule has 1 aliphatic rings. The minimum atomic E-state index is -4.81. The van der Waals surface area contributed by atoms with E-state index < -0.39 is 49.8 Å². The van der Waals surface area contributed by atoms with Gasteiger partial charge in [-0.25, -0.2) is 9.36 Å². The fraction of sp³-hybridized carbons (Fsp3) is 0.600. The molecule has 0 aliphatic carbocycles. The van der Waals surface area contributed by atoms with Gasteiger partial charge >= 0.3 is 13.5 Å². The van der Waals surface area contributed by atoms with Crippen molar-refractivity contribution in [2.24, 2.45) is 0 Å². The molecule has 2 rings (SSSR count). The molecule has 12 nitrogen and oxygen atoms in total. The highest BCUT2D eigenvalue weighted by Crippen LogP contribution is 2.39. The number of nitrogens with zero attached hydrogens (tertiary/aromatic N) is 1. The summed E-state index contributed by atoms with van der Waals surface area (Å²) >= 11 is 0. The molecule has 0 unspecified atom stereocenters. The van der Waals surface area contributed by atoms with Gasteiger partial charge in [0, 0.05) is 12.3 Å². The Balaban J connectivity index is 2.37. The fourth-order valence-electron chi connectivity index (χ4n) is 2.31. The molecule has 0 amide bonds. The summed E-state index contributed by atoms with van der Waals surface area (Å²) in [6.45, 7) is -0.732. The summed E-state index contributed by atoms with van der Waals surface area (Å²) < 4.78 is 21.2. The van der Waals surface area contributed by atoms with Crippen LogP contribution in [0.3, 0.4) is 0 Å². The van der Waals surface area contributed by atoms with Crippen LogP contribution in [0, 0.1) is 0 Å². The first-order chi connectivity index (χ1) is 10.6. The van der Waals surface area contributed by atoms with Crippen molar-refractivity contribution in [2.45, 2.75) is 24.2 Å². The van der Waals surface area contributed by atoms with Crippen molar-refractivity contribution in [3.63, 3.8) is 0 Å². The summed E-state index contributed by atoms with van der Waals surface area (Å²) in [5.74, 6) is -1.95. The first-order valence-electron chi connectivity index (χ1n) is 6.36. The van der Waals surface area contributed by atoms with Gasteiger partial charge in [0.2, 0.25) is 5.85 Å². The van der Waals surface area contributed by atoms with Crippen LogP contribution in [-0.2, 0) is 19.7 Å². The minimum absolute atomic E-state index is 0.674. The number of aromatic amines is 1. The Labute approximate surface area is 128 Å². The molecule has 13 heteroatoms. The van der Waals surface area contributed by atoms with Gasteiger partial charge in [-0.15, -0.1) is 0 Å². The van der Waals surface area contributed by atoms with Gasteiger partial charge in [0.15, 0.2) is 0 Å². The number of likely N-dealkylation sites (N-methyl/N-ethyl adjacent to an activating group) is 1. The molecule has 1 fully saturated rings. The third kappa shape index (κ3) is 3.44. The standard InChI is InChI=1S/C10H16N3O9P/c1-11-10(13-3-2-6(14)12-9(13)17)8(16)7(15)5(22-10)4-21-23(18,19)20/h2-3,5,7-8,11,15-16H,4H2,1H3,(H,12,14,17)(H2,18,19,20)/t5-,7-,8-,10+/m1/s1. The molecule has 0 spiro atoms. The van der Waals surface area contributed by atoms with Gasteiger partial charge in [0.25, 0.3) is 5.56 Å². The lowest BCUT2D eigenvalue weighted by Gasteiger charge is -2.32. The van der Waals surface area contributed by atoms with Gasteiger partial charge in [-0.05, 0) is 7.05 Å². The van der Waals surface area contributed by atoms with Crippen LogP contribution in [0.15, 0.2) is 21.9 Å².